The van der Waals surface area contributed by atoms with E-state index < -0.39 is 0 Å². The average molecular weight is 236 g/mol. The molecule has 0 saturated carbocycles. The highest BCUT2D eigenvalue weighted by atomic mass is 14.7. The lowest BCUT2D eigenvalue weighted by Gasteiger charge is -2.18. The largest absolute Gasteiger partial charge is 0.252 e. The Hall–Kier alpha value is -1.88. The van der Waals surface area contributed by atoms with Crippen LogP contribution in [0.15, 0.2) is 12.1 Å². The monoisotopic (exact) mass is 236 g/mol. The Bertz CT molecular complexity index is 678. The first-order chi connectivity index (χ1) is 8.70. The van der Waals surface area contributed by atoms with Gasteiger partial charge in [-0.25, -0.2) is 0 Å². The second-order valence-electron chi connectivity index (χ2n) is 5.21. The molecule has 3 rings (SSSR count). The number of pyridine rings is 1. The minimum atomic E-state index is 0.868. The number of benzene rings is 1. The average Bonchev–Trinajstić information content (AvgIpc) is 2.35. The highest BCUT2D eigenvalue weighted by Gasteiger charge is 2.19. The number of fused-ring (bicyclic) bond motifs is 2. The molecule has 0 bridgehead atoms. The molecule has 0 atom stereocenters. The van der Waals surface area contributed by atoms with Crippen molar-refractivity contribution in [3.05, 3.63) is 40.1 Å². The number of hydrogen-bond donors (Lipinski definition) is 0. The number of rotatable bonds is 0. The highest BCUT2D eigenvalue weighted by Crippen LogP contribution is 2.31. The molecule has 2 nitrogen and oxygen atoms in total. The van der Waals surface area contributed by atoms with Crippen molar-refractivity contribution in [2.75, 3.05) is 0 Å². The smallest absolute Gasteiger partial charge is 0.100 e. The molecule has 1 heterocycles. The van der Waals surface area contributed by atoms with Crippen LogP contribution in [0, 0.1) is 25.2 Å². The summed E-state index contributed by atoms with van der Waals surface area (Å²) in [6.45, 7) is 4.16. The normalized spacial score (nSPS) is 14.3. The molecule has 0 aliphatic heterocycles. The first-order valence-electron chi connectivity index (χ1n) is 6.53. The van der Waals surface area contributed by atoms with Gasteiger partial charge < -0.3 is 0 Å². The number of nitriles is 1. The summed E-state index contributed by atoms with van der Waals surface area (Å²) in [4.78, 5) is 4.79. The van der Waals surface area contributed by atoms with Crippen LogP contribution in [0.4, 0.5) is 0 Å². The SMILES string of the molecule is Cc1cc(C)c2c(C#N)c3c(nc2c1)CCCC3. The minimum Gasteiger partial charge on any atom is -0.252 e. The van der Waals surface area contributed by atoms with Crippen molar-refractivity contribution in [2.45, 2.75) is 39.5 Å². The summed E-state index contributed by atoms with van der Waals surface area (Å²) in [7, 11) is 0. The summed E-state index contributed by atoms with van der Waals surface area (Å²) in [5, 5.41) is 10.6. The molecule has 0 N–H and O–H groups in total. The van der Waals surface area contributed by atoms with Crippen molar-refractivity contribution in [3.8, 4) is 6.07 Å². The molecule has 18 heavy (non-hydrogen) atoms. The Kier molecular flexibility index (Phi) is 2.56. The van der Waals surface area contributed by atoms with E-state index in [0.29, 0.717) is 0 Å². The lowest BCUT2D eigenvalue weighted by atomic mass is 9.89. The van der Waals surface area contributed by atoms with E-state index in [9.17, 15) is 5.26 Å². The molecule has 2 heteroatoms. The van der Waals surface area contributed by atoms with Crippen molar-refractivity contribution in [1.82, 2.24) is 4.98 Å². The fourth-order valence-electron chi connectivity index (χ4n) is 3.06. The molecule has 1 aromatic heterocycles. The molecule has 1 aliphatic rings. The lowest BCUT2D eigenvalue weighted by molar-refractivity contribution is 0.670. The van der Waals surface area contributed by atoms with Crippen molar-refractivity contribution < 1.29 is 0 Å². The van der Waals surface area contributed by atoms with Crippen LogP contribution >= 0.6 is 0 Å². The van der Waals surface area contributed by atoms with E-state index in [1.54, 1.807) is 0 Å². The minimum absolute atomic E-state index is 0.868. The lowest BCUT2D eigenvalue weighted by Crippen LogP contribution is -2.09. The van der Waals surface area contributed by atoms with Crippen LogP contribution in [0.2, 0.25) is 0 Å². The highest BCUT2D eigenvalue weighted by molar-refractivity contribution is 5.90. The Labute approximate surface area is 107 Å². The zero-order chi connectivity index (χ0) is 12.7. The van der Waals surface area contributed by atoms with Crippen molar-refractivity contribution in [3.63, 3.8) is 0 Å². The fourth-order valence-corrected chi connectivity index (χ4v) is 3.06. The Morgan fingerprint density at radius 1 is 1.17 bits per heavy atom. The fraction of sp³-hybridized carbons (Fsp3) is 0.375. The van der Waals surface area contributed by atoms with Gasteiger partial charge in [-0.15, -0.1) is 0 Å². The first-order valence-corrected chi connectivity index (χ1v) is 6.53. The first kappa shape index (κ1) is 11.2. The second-order valence-corrected chi connectivity index (χ2v) is 5.21. The van der Waals surface area contributed by atoms with Gasteiger partial charge in [-0.1, -0.05) is 6.07 Å². The van der Waals surface area contributed by atoms with Crippen molar-refractivity contribution in [1.29, 1.82) is 5.26 Å². The number of aryl methyl sites for hydroxylation is 3. The van der Waals surface area contributed by atoms with Crippen molar-refractivity contribution >= 4 is 10.9 Å². The topological polar surface area (TPSA) is 36.7 Å². The van der Waals surface area contributed by atoms with Gasteiger partial charge in [0.15, 0.2) is 0 Å². The molecular formula is C16H16N2. The number of hydrogen-bond acceptors (Lipinski definition) is 2. The molecule has 0 radical (unpaired) electrons. The van der Waals surface area contributed by atoms with Gasteiger partial charge in [0, 0.05) is 11.1 Å². The Morgan fingerprint density at radius 2 is 1.94 bits per heavy atom. The predicted molar refractivity (Wildman–Crippen MR) is 72.6 cm³/mol. The molecule has 0 fully saturated rings. The molecule has 1 aromatic carbocycles. The molecule has 0 spiro atoms. The maximum Gasteiger partial charge on any atom is 0.100 e. The van der Waals surface area contributed by atoms with E-state index in [4.69, 9.17) is 4.98 Å². The maximum absolute atomic E-state index is 9.51. The second kappa shape index (κ2) is 4.10. The van der Waals surface area contributed by atoms with Gasteiger partial charge in [-0.2, -0.15) is 5.26 Å². The van der Waals surface area contributed by atoms with Gasteiger partial charge in [-0.05, 0) is 62.3 Å². The Morgan fingerprint density at radius 3 is 2.72 bits per heavy atom. The summed E-state index contributed by atoms with van der Waals surface area (Å²) in [5.41, 5.74) is 6.59. The third-order valence-corrected chi connectivity index (χ3v) is 3.82. The Balaban J connectivity index is 2.45. The van der Waals surface area contributed by atoms with Crippen LogP contribution in [-0.4, -0.2) is 4.98 Å². The zero-order valence-electron chi connectivity index (χ0n) is 10.9. The van der Waals surface area contributed by atoms with Gasteiger partial charge in [0.2, 0.25) is 0 Å². The standard InChI is InChI=1S/C16H16N2/c1-10-7-11(2)16-13(9-17)12-5-3-4-6-14(12)18-15(16)8-10/h7-8H,3-6H2,1-2H3. The molecule has 1 aliphatic carbocycles. The van der Waals surface area contributed by atoms with E-state index in [-0.39, 0.29) is 0 Å². The van der Waals surface area contributed by atoms with Gasteiger partial charge in [0.1, 0.15) is 6.07 Å². The van der Waals surface area contributed by atoms with Crippen LogP contribution < -0.4 is 0 Å². The molecule has 0 amide bonds. The van der Waals surface area contributed by atoms with Crippen LogP contribution in [0.3, 0.4) is 0 Å². The van der Waals surface area contributed by atoms with Crippen molar-refractivity contribution in [2.24, 2.45) is 0 Å². The maximum atomic E-state index is 9.51. The molecule has 90 valence electrons. The van der Waals surface area contributed by atoms with Crippen LogP contribution in [-0.2, 0) is 12.8 Å². The van der Waals surface area contributed by atoms with Crippen LogP contribution in [0.25, 0.3) is 10.9 Å². The number of aromatic nitrogens is 1. The van der Waals surface area contributed by atoms with Crippen LogP contribution in [0.1, 0.15) is 40.8 Å². The summed E-state index contributed by atoms with van der Waals surface area (Å²) in [5.74, 6) is 0. The summed E-state index contributed by atoms with van der Waals surface area (Å²) in [6, 6.07) is 6.65. The summed E-state index contributed by atoms with van der Waals surface area (Å²) in [6.07, 6.45) is 4.41. The summed E-state index contributed by atoms with van der Waals surface area (Å²) >= 11 is 0. The zero-order valence-corrected chi connectivity index (χ0v) is 10.9. The third kappa shape index (κ3) is 1.59. The van der Waals surface area contributed by atoms with E-state index in [1.807, 2.05) is 0 Å². The third-order valence-electron chi connectivity index (χ3n) is 3.82. The molecule has 0 unspecified atom stereocenters. The molecular weight excluding hydrogens is 220 g/mol. The van der Waals surface area contributed by atoms with Crippen LogP contribution in [0.5, 0.6) is 0 Å². The van der Waals surface area contributed by atoms with Gasteiger partial charge in [0.25, 0.3) is 0 Å². The van der Waals surface area contributed by atoms with Gasteiger partial charge >= 0.3 is 0 Å². The molecule has 0 saturated heterocycles. The van der Waals surface area contributed by atoms with E-state index in [1.165, 1.54) is 29.5 Å². The quantitative estimate of drug-likeness (QED) is 0.700. The molecule has 2 aromatic rings. The van der Waals surface area contributed by atoms with E-state index in [2.05, 4.69) is 32.0 Å². The predicted octanol–water partition coefficient (Wildman–Crippen LogP) is 3.60. The van der Waals surface area contributed by atoms with E-state index in [0.717, 1.165) is 35.0 Å². The van der Waals surface area contributed by atoms with Gasteiger partial charge in [-0.3, -0.25) is 4.98 Å². The number of nitrogens with zero attached hydrogens (tertiary/aromatic N) is 2. The van der Waals surface area contributed by atoms with E-state index >= 15 is 0 Å². The van der Waals surface area contributed by atoms with Gasteiger partial charge in [0.05, 0.1) is 11.1 Å². The summed E-state index contributed by atoms with van der Waals surface area (Å²) < 4.78 is 0.